The van der Waals surface area contributed by atoms with Crippen LogP contribution in [0.1, 0.15) is 39.3 Å². The summed E-state index contributed by atoms with van der Waals surface area (Å²) in [5, 5.41) is 0.985. The normalized spacial score (nSPS) is 14.7. The van der Waals surface area contributed by atoms with Crippen molar-refractivity contribution in [2.75, 3.05) is 0 Å². The molecule has 0 fully saturated rings. The van der Waals surface area contributed by atoms with Crippen LogP contribution in [0.25, 0.3) is 10.6 Å². The van der Waals surface area contributed by atoms with Gasteiger partial charge in [0.25, 0.3) is 0 Å². The summed E-state index contributed by atoms with van der Waals surface area (Å²) in [5.41, 5.74) is 4.69. The van der Waals surface area contributed by atoms with E-state index in [4.69, 9.17) is 0 Å². The molecule has 0 unspecified atom stereocenters. The molecule has 0 bridgehead atoms. The van der Waals surface area contributed by atoms with Gasteiger partial charge in [-0.1, -0.05) is 12.1 Å². The van der Waals surface area contributed by atoms with Crippen LogP contribution in [0.4, 0.5) is 0 Å². The smallest absolute Gasteiger partial charge is 0.174 e. The maximum absolute atomic E-state index is 11.8. The fourth-order valence-corrected chi connectivity index (χ4v) is 3.34. The van der Waals surface area contributed by atoms with Crippen LogP contribution in [0.5, 0.6) is 0 Å². The van der Waals surface area contributed by atoms with Crippen molar-refractivity contribution in [3.05, 3.63) is 39.9 Å². The molecule has 0 saturated heterocycles. The van der Waals surface area contributed by atoms with Gasteiger partial charge in [0.2, 0.25) is 0 Å². The maximum Gasteiger partial charge on any atom is 0.174 e. The first-order valence-electron chi connectivity index (χ1n) is 6.25. The number of fused-ring (bicyclic) bond motifs is 1. The van der Waals surface area contributed by atoms with Crippen molar-refractivity contribution >= 4 is 17.1 Å². The number of ketones is 1. The van der Waals surface area contributed by atoms with Gasteiger partial charge in [-0.3, -0.25) is 4.79 Å². The van der Waals surface area contributed by atoms with Crippen molar-refractivity contribution in [2.45, 2.75) is 33.1 Å². The Balaban J connectivity index is 2.07. The van der Waals surface area contributed by atoms with Gasteiger partial charge in [-0.15, -0.1) is 11.3 Å². The van der Waals surface area contributed by atoms with E-state index < -0.39 is 0 Å². The lowest BCUT2D eigenvalue weighted by Crippen LogP contribution is -2.07. The Kier molecular flexibility index (Phi) is 2.78. The van der Waals surface area contributed by atoms with Crippen LogP contribution in [0.2, 0.25) is 0 Å². The summed E-state index contributed by atoms with van der Waals surface area (Å²) in [6.45, 7) is 4.22. The zero-order chi connectivity index (χ0) is 12.7. The van der Waals surface area contributed by atoms with Crippen LogP contribution >= 0.6 is 11.3 Å². The van der Waals surface area contributed by atoms with Crippen molar-refractivity contribution in [1.82, 2.24) is 4.98 Å². The highest BCUT2D eigenvalue weighted by molar-refractivity contribution is 7.17. The third kappa shape index (κ3) is 1.89. The molecule has 0 aliphatic heterocycles. The van der Waals surface area contributed by atoms with Gasteiger partial charge in [0.05, 0.1) is 10.6 Å². The molecule has 2 nitrogen and oxygen atoms in total. The van der Waals surface area contributed by atoms with Crippen LogP contribution in [0, 0.1) is 13.8 Å². The van der Waals surface area contributed by atoms with Crippen LogP contribution in [-0.2, 0) is 6.42 Å². The van der Waals surface area contributed by atoms with E-state index in [1.807, 2.05) is 0 Å². The van der Waals surface area contributed by atoms with E-state index >= 15 is 0 Å². The molecule has 1 aromatic heterocycles. The molecule has 92 valence electrons. The SMILES string of the molecule is Cc1ccc(-c2nc3c(s2)C(=O)CCC3)cc1C. The Labute approximate surface area is 111 Å². The van der Waals surface area contributed by atoms with E-state index in [0.717, 1.165) is 34.0 Å². The van der Waals surface area contributed by atoms with Gasteiger partial charge in [0.15, 0.2) is 5.78 Å². The molecule has 0 amide bonds. The average Bonchev–Trinajstić information content (AvgIpc) is 2.78. The zero-order valence-electron chi connectivity index (χ0n) is 10.6. The molecule has 3 rings (SSSR count). The van der Waals surface area contributed by atoms with Gasteiger partial charge in [-0.05, 0) is 43.9 Å². The first-order valence-corrected chi connectivity index (χ1v) is 7.07. The maximum atomic E-state index is 11.8. The van der Waals surface area contributed by atoms with Gasteiger partial charge in [-0.25, -0.2) is 4.98 Å². The molecule has 1 aliphatic rings. The lowest BCUT2D eigenvalue weighted by atomic mass is 10.0. The topological polar surface area (TPSA) is 30.0 Å². The number of rotatable bonds is 1. The van der Waals surface area contributed by atoms with Crippen molar-refractivity contribution in [3.8, 4) is 10.6 Å². The molecule has 0 saturated carbocycles. The Hall–Kier alpha value is -1.48. The highest BCUT2D eigenvalue weighted by atomic mass is 32.1. The van der Waals surface area contributed by atoms with E-state index in [1.54, 1.807) is 11.3 Å². The fourth-order valence-electron chi connectivity index (χ4n) is 2.27. The summed E-state index contributed by atoms with van der Waals surface area (Å²) in [6.07, 6.45) is 2.58. The molecule has 3 heteroatoms. The predicted molar refractivity (Wildman–Crippen MR) is 74.3 cm³/mol. The first-order chi connectivity index (χ1) is 8.65. The largest absolute Gasteiger partial charge is 0.293 e. The Bertz CT molecular complexity index is 627. The second-order valence-electron chi connectivity index (χ2n) is 4.87. The minimum Gasteiger partial charge on any atom is -0.293 e. The van der Waals surface area contributed by atoms with Crippen molar-refractivity contribution < 1.29 is 4.79 Å². The summed E-state index contributed by atoms with van der Waals surface area (Å²) >= 11 is 1.55. The predicted octanol–water partition coefficient (Wildman–Crippen LogP) is 3.95. The molecule has 0 spiro atoms. The van der Waals surface area contributed by atoms with Gasteiger partial charge in [0.1, 0.15) is 5.01 Å². The highest BCUT2D eigenvalue weighted by Crippen LogP contribution is 2.33. The molecule has 18 heavy (non-hydrogen) atoms. The monoisotopic (exact) mass is 257 g/mol. The summed E-state index contributed by atoms with van der Waals surface area (Å²) < 4.78 is 0. The quantitative estimate of drug-likeness (QED) is 0.774. The van der Waals surface area contributed by atoms with E-state index in [-0.39, 0.29) is 5.78 Å². The molecule has 1 aromatic carbocycles. The van der Waals surface area contributed by atoms with Gasteiger partial charge < -0.3 is 0 Å². The lowest BCUT2D eigenvalue weighted by Gasteiger charge is -2.06. The molecule has 0 N–H and O–H groups in total. The van der Waals surface area contributed by atoms with Gasteiger partial charge in [0, 0.05) is 12.0 Å². The second kappa shape index (κ2) is 4.32. The van der Waals surface area contributed by atoms with E-state index in [0.29, 0.717) is 6.42 Å². The number of thiazole rings is 1. The van der Waals surface area contributed by atoms with E-state index in [1.165, 1.54) is 11.1 Å². The number of hydrogen-bond donors (Lipinski definition) is 0. The summed E-state index contributed by atoms with van der Waals surface area (Å²) in [7, 11) is 0. The third-order valence-corrected chi connectivity index (χ3v) is 4.71. The minimum atomic E-state index is 0.267. The van der Waals surface area contributed by atoms with Crippen LogP contribution in [-0.4, -0.2) is 10.8 Å². The Morgan fingerprint density at radius 1 is 1.17 bits per heavy atom. The second-order valence-corrected chi connectivity index (χ2v) is 5.87. The molecular weight excluding hydrogens is 242 g/mol. The number of hydrogen-bond acceptors (Lipinski definition) is 3. The van der Waals surface area contributed by atoms with Crippen molar-refractivity contribution in [2.24, 2.45) is 0 Å². The van der Waals surface area contributed by atoms with E-state index in [9.17, 15) is 4.79 Å². The van der Waals surface area contributed by atoms with Crippen molar-refractivity contribution in [3.63, 3.8) is 0 Å². The zero-order valence-corrected chi connectivity index (χ0v) is 11.4. The number of nitrogens with zero attached hydrogens (tertiary/aromatic N) is 1. The summed E-state index contributed by atoms with van der Waals surface area (Å²) in [4.78, 5) is 17.3. The average molecular weight is 257 g/mol. The fraction of sp³-hybridized carbons (Fsp3) is 0.333. The Morgan fingerprint density at radius 3 is 2.72 bits per heavy atom. The van der Waals surface area contributed by atoms with Crippen LogP contribution < -0.4 is 0 Å². The van der Waals surface area contributed by atoms with Crippen LogP contribution in [0.3, 0.4) is 0 Å². The molecule has 0 atom stereocenters. The Morgan fingerprint density at radius 2 is 2.00 bits per heavy atom. The molecule has 1 heterocycles. The highest BCUT2D eigenvalue weighted by Gasteiger charge is 2.22. The minimum absolute atomic E-state index is 0.267. The van der Waals surface area contributed by atoms with Crippen molar-refractivity contribution in [1.29, 1.82) is 0 Å². The first kappa shape index (κ1) is 11.6. The molecular formula is C15H15NOS. The number of benzene rings is 1. The molecule has 1 aliphatic carbocycles. The van der Waals surface area contributed by atoms with E-state index in [2.05, 4.69) is 37.0 Å². The summed E-state index contributed by atoms with van der Waals surface area (Å²) in [6, 6.07) is 6.37. The lowest BCUT2D eigenvalue weighted by molar-refractivity contribution is 0.0976. The molecule has 0 radical (unpaired) electrons. The standard InChI is InChI=1S/C15H15NOS/c1-9-6-7-11(8-10(9)2)15-16-12-4-3-5-13(17)14(12)18-15/h6-8H,3-5H2,1-2H3. The van der Waals surface area contributed by atoms with Gasteiger partial charge in [-0.2, -0.15) is 0 Å². The summed E-state index contributed by atoms with van der Waals surface area (Å²) in [5.74, 6) is 0.267. The molecule has 2 aromatic rings. The number of aromatic nitrogens is 1. The van der Waals surface area contributed by atoms with Crippen LogP contribution in [0.15, 0.2) is 18.2 Å². The van der Waals surface area contributed by atoms with Gasteiger partial charge >= 0.3 is 0 Å². The number of Topliss-reactive ketones (excluding diaryl/α,β-unsaturated/α-hetero) is 1. The third-order valence-electron chi connectivity index (χ3n) is 3.52. The number of aryl methyl sites for hydroxylation is 3. The number of carbonyl (C=O) groups excluding carboxylic acids is 1. The number of carbonyl (C=O) groups is 1.